The molecule has 1 aliphatic heterocycles. The summed E-state index contributed by atoms with van der Waals surface area (Å²) in [7, 11) is 0. The van der Waals surface area contributed by atoms with Gasteiger partial charge in [-0.3, -0.25) is 14.3 Å². The van der Waals surface area contributed by atoms with Crippen LogP contribution in [0.4, 0.5) is 4.79 Å². The van der Waals surface area contributed by atoms with Crippen LogP contribution in [0.25, 0.3) is 0 Å². The van der Waals surface area contributed by atoms with Crippen molar-refractivity contribution in [1.29, 1.82) is 0 Å². The zero-order chi connectivity index (χ0) is 18.5. The van der Waals surface area contributed by atoms with Gasteiger partial charge in [-0.2, -0.15) is 0 Å². The van der Waals surface area contributed by atoms with Crippen LogP contribution in [0.1, 0.15) is 16.7 Å². The first-order chi connectivity index (χ1) is 12.5. The molecule has 2 aromatic rings. The molecule has 0 spiro atoms. The molecule has 1 amide bonds. The molecule has 3 rings (SSSR count). The van der Waals surface area contributed by atoms with Crippen molar-refractivity contribution in [2.75, 3.05) is 13.2 Å². The van der Waals surface area contributed by atoms with Gasteiger partial charge in [-0.25, -0.2) is 9.59 Å². The smallest absolute Gasteiger partial charge is 0.407 e. The van der Waals surface area contributed by atoms with E-state index in [4.69, 9.17) is 9.47 Å². The molecule has 8 nitrogen and oxygen atoms in total. The Bertz CT molecular complexity index is 900. The van der Waals surface area contributed by atoms with Gasteiger partial charge < -0.3 is 14.8 Å². The second-order valence-electron chi connectivity index (χ2n) is 5.78. The van der Waals surface area contributed by atoms with E-state index in [0.29, 0.717) is 12.1 Å². The summed E-state index contributed by atoms with van der Waals surface area (Å²) < 4.78 is 12.1. The summed E-state index contributed by atoms with van der Waals surface area (Å²) in [5, 5.41) is 4.67. The maximum Gasteiger partial charge on any atom is 0.407 e. The quantitative estimate of drug-likeness (QED) is 0.740. The highest BCUT2D eigenvalue weighted by Crippen LogP contribution is 2.19. The first-order valence-electron chi connectivity index (χ1n) is 8.12. The predicted octanol–water partition coefficient (Wildman–Crippen LogP) is 1.33. The van der Waals surface area contributed by atoms with Crippen molar-refractivity contribution in [1.82, 2.24) is 14.9 Å². The van der Waals surface area contributed by atoms with Crippen LogP contribution in [0.2, 0.25) is 0 Å². The molecular formula is C17H19N3O5S. The molecule has 0 bridgehead atoms. The van der Waals surface area contributed by atoms with E-state index in [1.165, 1.54) is 15.6 Å². The summed E-state index contributed by atoms with van der Waals surface area (Å²) in [5.41, 5.74) is -0.568. The number of carbonyl (C=O) groups is 1. The predicted molar refractivity (Wildman–Crippen MR) is 96.5 cm³/mol. The minimum absolute atomic E-state index is 0.0366. The van der Waals surface area contributed by atoms with Crippen LogP contribution in [0.3, 0.4) is 0 Å². The number of thiophene rings is 1. The molecule has 26 heavy (non-hydrogen) atoms. The van der Waals surface area contributed by atoms with Crippen LogP contribution >= 0.6 is 11.3 Å². The topological polar surface area (TPSA) is 102 Å². The summed E-state index contributed by atoms with van der Waals surface area (Å²) in [6.07, 6.45) is 3.98. The zero-order valence-electron chi connectivity index (χ0n) is 14.1. The molecular weight excluding hydrogens is 358 g/mol. The standard InChI is InChI=1S/C17H19N3O5S/c1-11-9-20(16(22)19-15(11)21)14-5-4-12(25-14)10-24-17(23)18-7-6-13-3-2-8-26-13/h2-5,8-9,12,14H,6-7,10H2,1H3,(H,18,23)(H,19,21,22)/t12-,14+/m0/s1. The number of rotatable bonds is 6. The highest BCUT2D eigenvalue weighted by molar-refractivity contribution is 7.09. The highest BCUT2D eigenvalue weighted by atomic mass is 32.1. The number of ether oxygens (including phenoxy) is 2. The fraction of sp³-hybridized carbons (Fsp3) is 0.353. The van der Waals surface area contributed by atoms with Crippen molar-refractivity contribution >= 4 is 17.4 Å². The van der Waals surface area contributed by atoms with Crippen LogP contribution < -0.4 is 16.6 Å². The molecule has 9 heteroatoms. The zero-order valence-corrected chi connectivity index (χ0v) is 15.0. The fourth-order valence-electron chi connectivity index (χ4n) is 2.47. The molecule has 0 radical (unpaired) electrons. The van der Waals surface area contributed by atoms with E-state index in [-0.39, 0.29) is 6.61 Å². The number of hydrogen-bond acceptors (Lipinski definition) is 6. The minimum Gasteiger partial charge on any atom is -0.446 e. The lowest BCUT2D eigenvalue weighted by Gasteiger charge is -2.16. The summed E-state index contributed by atoms with van der Waals surface area (Å²) in [6.45, 7) is 2.14. The van der Waals surface area contributed by atoms with Crippen molar-refractivity contribution < 1.29 is 14.3 Å². The fourth-order valence-corrected chi connectivity index (χ4v) is 3.18. The SMILES string of the molecule is Cc1cn([C@H]2C=C[C@@H](COC(=O)NCCc3cccs3)O2)c(=O)[nH]c1=O. The maximum absolute atomic E-state index is 11.9. The van der Waals surface area contributed by atoms with Gasteiger partial charge in [-0.1, -0.05) is 12.1 Å². The third-order valence-electron chi connectivity index (χ3n) is 3.82. The third-order valence-corrected chi connectivity index (χ3v) is 4.76. The number of aromatic amines is 1. The Kier molecular flexibility index (Phi) is 5.69. The summed E-state index contributed by atoms with van der Waals surface area (Å²) in [6, 6.07) is 3.98. The van der Waals surface area contributed by atoms with Gasteiger partial charge in [0, 0.05) is 23.2 Å². The first kappa shape index (κ1) is 18.2. The number of alkyl carbamates (subject to hydrolysis) is 1. The molecule has 2 aromatic heterocycles. The Hall–Kier alpha value is -2.65. The molecule has 2 atom stereocenters. The second-order valence-corrected chi connectivity index (χ2v) is 6.82. The lowest BCUT2D eigenvalue weighted by molar-refractivity contribution is -0.0149. The van der Waals surface area contributed by atoms with Gasteiger partial charge in [0.05, 0.1) is 0 Å². The molecule has 0 fully saturated rings. The lowest BCUT2D eigenvalue weighted by Crippen LogP contribution is -2.34. The Morgan fingerprint density at radius 3 is 3.04 bits per heavy atom. The summed E-state index contributed by atoms with van der Waals surface area (Å²) in [4.78, 5) is 38.4. The largest absolute Gasteiger partial charge is 0.446 e. The van der Waals surface area contributed by atoms with Crippen molar-refractivity contribution in [3.63, 3.8) is 0 Å². The first-order valence-corrected chi connectivity index (χ1v) is 9.00. The van der Waals surface area contributed by atoms with E-state index in [2.05, 4.69) is 10.3 Å². The normalized spacial score (nSPS) is 18.8. The van der Waals surface area contributed by atoms with Gasteiger partial charge in [0.1, 0.15) is 12.7 Å². The van der Waals surface area contributed by atoms with E-state index in [0.717, 1.165) is 6.42 Å². The Labute approximate surface area is 153 Å². The van der Waals surface area contributed by atoms with E-state index in [9.17, 15) is 14.4 Å². The molecule has 0 unspecified atom stereocenters. The van der Waals surface area contributed by atoms with Gasteiger partial charge >= 0.3 is 11.8 Å². The van der Waals surface area contributed by atoms with Crippen LogP contribution in [-0.4, -0.2) is 34.9 Å². The monoisotopic (exact) mass is 377 g/mol. The lowest BCUT2D eigenvalue weighted by atomic mass is 10.3. The van der Waals surface area contributed by atoms with Crippen LogP contribution in [0.5, 0.6) is 0 Å². The number of aryl methyl sites for hydroxylation is 1. The number of aromatic nitrogens is 2. The molecule has 0 saturated heterocycles. The second kappa shape index (κ2) is 8.15. The molecule has 138 valence electrons. The van der Waals surface area contributed by atoms with Gasteiger partial charge in [0.25, 0.3) is 5.56 Å². The number of nitrogens with zero attached hydrogens (tertiary/aromatic N) is 1. The van der Waals surface area contributed by atoms with E-state index in [1.54, 1.807) is 30.4 Å². The molecule has 0 aliphatic carbocycles. The van der Waals surface area contributed by atoms with Gasteiger partial charge in [0.2, 0.25) is 0 Å². The van der Waals surface area contributed by atoms with Crippen molar-refractivity contribution in [3.8, 4) is 0 Å². The van der Waals surface area contributed by atoms with E-state index >= 15 is 0 Å². The summed E-state index contributed by atoms with van der Waals surface area (Å²) in [5.74, 6) is 0. The van der Waals surface area contributed by atoms with E-state index < -0.39 is 29.7 Å². The van der Waals surface area contributed by atoms with Crippen LogP contribution in [-0.2, 0) is 15.9 Å². The average molecular weight is 377 g/mol. The van der Waals surface area contributed by atoms with E-state index in [1.807, 2.05) is 17.5 Å². The van der Waals surface area contributed by atoms with Crippen molar-refractivity contribution in [3.05, 3.63) is 67.1 Å². The van der Waals surface area contributed by atoms with Crippen LogP contribution in [0, 0.1) is 6.92 Å². The number of nitrogens with one attached hydrogen (secondary N) is 2. The van der Waals surface area contributed by atoms with Crippen LogP contribution in [0.15, 0.2) is 45.5 Å². The average Bonchev–Trinajstić information content (AvgIpc) is 3.28. The molecule has 0 saturated carbocycles. The number of amides is 1. The number of hydrogen-bond donors (Lipinski definition) is 2. The van der Waals surface area contributed by atoms with Crippen molar-refractivity contribution in [2.45, 2.75) is 25.7 Å². The maximum atomic E-state index is 11.9. The van der Waals surface area contributed by atoms with Gasteiger partial charge in [0.15, 0.2) is 6.23 Å². The molecule has 0 aromatic carbocycles. The summed E-state index contributed by atoms with van der Waals surface area (Å²) >= 11 is 1.64. The number of carbonyl (C=O) groups excluding carboxylic acids is 1. The minimum atomic E-state index is -0.645. The van der Waals surface area contributed by atoms with Gasteiger partial charge in [-0.05, 0) is 30.9 Å². The Morgan fingerprint density at radius 2 is 2.27 bits per heavy atom. The Morgan fingerprint density at radius 1 is 1.42 bits per heavy atom. The van der Waals surface area contributed by atoms with Gasteiger partial charge in [-0.15, -0.1) is 11.3 Å². The molecule has 1 aliphatic rings. The third kappa shape index (κ3) is 4.50. The molecule has 2 N–H and O–H groups in total. The molecule has 3 heterocycles. The Balaban J connectivity index is 1.44. The number of H-pyrrole nitrogens is 1. The van der Waals surface area contributed by atoms with Crippen molar-refractivity contribution in [2.24, 2.45) is 0 Å². The highest BCUT2D eigenvalue weighted by Gasteiger charge is 2.23.